The van der Waals surface area contributed by atoms with E-state index in [1.807, 2.05) is 0 Å². The van der Waals surface area contributed by atoms with Gasteiger partial charge in [-0.25, -0.2) is 5.10 Å². The summed E-state index contributed by atoms with van der Waals surface area (Å²) in [7, 11) is 2.18. The van der Waals surface area contributed by atoms with Crippen LogP contribution < -0.4 is 4.90 Å². The predicted molar refractivity (Wildman–Crippen MR) is 88.5 cm³/mol. The first-order valence-electron chi connectivity index (χ1n) is 8.32. The second-order valence-corrected chi connectivity index (χ2v) is 6.80. The van der Waals surface area contributed by atoms with Gasteiger partial charge < -0.3 is 9.80 Å². The van der Waals surface area contributed by atoms with Crippen molar-refractivity contribution in [3.8, 4) is 0 Å². The minimum absolute atomic E-state index is 0.546. The fourth-order valence-electron chi connectivity index (χ4n) is 3.82. The highest BCUT2D eigenvalue weighted by Crippen LogP contribution is 2.33. The molecule has 5 nitrogen and oxygen atoms in total. The summed E-state index contributed by atoms with van der Waals surface area (Å²) in [6, 6.07) is 1.13. The van der Waals surface area contributed by atoms with Gasteiger partial charge in [-0.2, -0.15) is 0 Å². The summed E-state index contributed by atoms with van der Waals surface area (Å²) >= 11 is 5.48. The van der Waals surface area contributed by atoms with Crippen molar-refractivity contribution in [1.29, 1.82) is 0 Å². The van der Waals surface area contributed by atoms with Gasteiger partial charge in [0.05, 0.1) is 0 Å². The quantitative estimate of drug-likeness (QED) is 0.868. The van der Waals surface area contributed by atoms with Gasteiger partial charge in [0.2, 0.25) is 5.95 Å². The van der Waals surface area contributed by atoms with E-state index in [4.69, 9.17) is 12.2 Å². The third kappa shape index (κ3) is 3.01. The maximum Gasteiger partial charge on any atom is 0.225 e. The van der Waals surface area contributed by atoms with Gasteiger partial charge in [-0.15, -0.1) is 5.10 Å². The number of rotatable bonds is 4. The number of nitrogens with one attached hydrogen (secondary N) is 1. The van der Waals surface area contributed by atoms with Crippen LogP contribution in [0.4, 0.5) is 5.95 Å². The molecule has 118 valence electrons. The molecule has 1 aliphatic carbocycles. The van der Waals surface area contributed by atoms with E-state index in [-0.39, 0.29) is 0 Å². The molecule has 0 radical (unpaired) electrons. The monoisotopic (exact) mass is 309 g/mol. The Labute approximate surface area is 132 Å². The summed E-state index contributed by atoms with van der Waals surface area (Å²) in [6.45, 7) is 5.80. The Balaban J connectivity index is 1.76. The number of hydrogen-bond donors (Lipinski definition) is 1. The number of aromatic amines is 1. The molecule has 1 aliphatic heterocycles. The van der Waals surface area contributed by atoms with Crippen LogP contribution in [-0.2, 0) is 0 Å². The third-order valence-electron chi connectivity index (χ3n) is 5.24. The molecule has 0 bridgehead atoms. The van der Waals surface area contributed by atoms with E-state index in [9.17, 15) is 0 Å². The first-order valence-corrected chi connectivity index (χ1v) is 8.73. The molecule has 3 rings (SSSR count). The van der Waals surface area contributed by atoms with Gasteiger partial charge in [-0.3, -0.25) is 4.57 Å². The molecule has 21 heavy (non-hydrogen) atoms. The van der Waals surface area contributed by atoms with Crippen molar-refractivity contribution in [2.75, 3.05) is 31.6 Å². The maximum absolute atomic E-state index is 5.48. The zero-order chi connectivity index (χ0) is 14.8. The Hall–Kier alpha value is -0.880. The van der Waals surface area contributed by atoms with E-state index < -0.39 is 0 Å². The lowest BCUT2D eigenvalue weighted by Gasteiger charge is -2.37. The van der Waals surface area contributed by atoms with E-state index in [2.05, 4.69) is 38.5 Å². The second kappa shape index (κ2) is 6.48. The van der Waals surface area contributed by atoms with Crippen LogP contribution in [0.15, 0.2) is 0 Å². The van der Waals surface area contributed by atoms with Gasteiger partial charge in [0.25, 0.3) is 0 Å². The molecule has 1 aromatic heterocycles. The molecule has 0 unspecified atom stereocenters. The smallest absolute Gasteiger partial charge is 0.225 e. The van der Waals surface area contributed by atoms with Crippen LogP contribution in [0, 0.1) is 4.77 Å². The molecule has 0 spiro atoms. The molecule has 1 N–H and O–H groups in total. The van der Waals surface area contributed by atoms with Crippen LogP contribution in [0.2, 0.25) is 0 Å². The average molecular weight is 309 g/mol. The summed E-state index contributed by atoms with van der Waals surface area (Å²) < 4.78 is 3.06. The molecule has 1 aromatic rings. The number of nitrogens with zero attached hydrogens (tertiary/aromatic N) is 4. The standard InChI is InChI=1S/C15H27N5S/c1-3-19-10-8-12(9-11-19)18(2)14-16-17-15(21)20(14)13-6-4-5-7-13/h12-13H,3-11H2,1-2H3,(H,17,21). The minimum Gasteiger partial charge on any atom is -0.341 e. The molecule has 0 amide bonds. The van der Waals surface area contributed by atoms with Crippen LogP contribution in [-0.4, -0.2) is 52.4 Å². The van der Waals surface area contributed by atoms with Gasteiger partial charge in [0, 0.05) is 32.2 Å². The maximum atomic E-state index is 5.48. The molecule has 0 atom stereocenters. The topological polar surface area (TPSA) is 40.1 Å². The van der Waals surface area contributed by atoms with E-state index in [0.717, 1.165) is 17.3 Å². The molecule has 2 heterocycles. The summed E-state index contributed by atoms with van der Waals surface area (Å²) in [5, 5.41) is 7.55. The largest absolute Gasteiger partial charge is 0.341 e. The summed E-state index contributed by atoms with van der Waals surface area (Å²) in [5.74, 6) is 1.04. The molecular weight excluding hydrogens is 282 g/mol. The first-order chi connectivity index (χ1) is 10.2. The first kappa shape index (κ1) is 15.0. The number of likely N-dealkylation sites (tertiary alicyclic amines) is 1. The Morgan fingerprint density at radius 2 is 1.90 bits per heavy atom. The molecular formula is C15H27N5S. The van der Waals surface area contributed by atoms with Gasteiger partial charge in [-0.05, 0) is 44.4 Å². The molecule has 1 saturated heterocycles. The third-order valence-corrected chi connectivity index (χ3v) is 5.53. The zero-order valence-electron chi connectivity index (χ0n) is 13.2. The Kier molecular flexibility index (Phi) is 4.64. The fourth-order valence-corrected chi connectivity index (χ4v) is 4.10. The normalized spacial score (nSPS) is 22.0. The summed E-state index contributed by atoms with van der Waals surface area (Å²) in [4.78, 5) is 4.88. The molecule has 0 aromatic carbocycles. The Bertz CT molecular complexity index is 508. The van der Waals surface area contributed by atoms with Gasteiger partial charge in [0.1, 0.15) is 0 Å². The van der Waals surface area contributed by atoms with Crippen molar-refractivity contribution in [1.82, 2.24) is 19.7 Å². The highest BCUT2D eigenvalue weighted by molar-refractivity contribution is 7.71. The van der Waals surface area contributed by atoms with Crippen molar-refractivity contribution >= 4 is 18.2 Å². The van der Waals surface area contributed by atoms with Crippen molar-refractivity contribution in [2.45, 2.75) is 57.5 Å². The Morgan fingerprint density at radius 3 is 2.52 bits per heavy atom. The summed E-state index contributed by atoms with van der Waals surface area (Å²) in [6.07, 6.45) is 7.54. The molecule has 2 fully saturated rings. The van der Waals surface area contributed by atoms with Crippen LogP contribution in [0.3, 0.4) is 0 Å². The summed E-state index contributed by atoms with van der Waals surface area (Å²) in [5.41, 5.74) is 0. The van der Waals surface area contributed by atoms with E-state index >= 15 is 0 Å². The highest BCUT2D eigenvalue weighted by Gasteiger charge is 2.27. The number of hydrogen-bond acceptors (Lipinski definition) is 4. The predicted octanol–water partition coefficient (Wildman–Crippen LogP) is 2.98. The van der Waals surface area contributed by atoms with Crippen LogP contribution >= 0.6 is 12.2 Å². The minimum atomic E-state index is 0.546. The fraction of sp³-hybridized carbons (Fsp3) is 0.867. The SMILES string of the molecule is CCN1CCC(N(C)c2n[nH]c(=S)n2C2CCCC2)CC1. The lowest BCUT2D eigenvalue weighted by Crippen LogP contribution is -2.44. The zero-order valence-corrected chi connectivity index (χ0v) is 14.0. The lowest BCUT2D eigenvalue weighted by atomic mass is 10.0. The van der Waals surface area contributed by atoms with E-state index in [1.165, 1.54) is 51.6 Å². The van der Waals surface area contributed by atoms with Crippen molar-refractivity contribution in [3.05, 3.63) is 4.77 Å². The highest BCUT2D eigenvalue weighted by atomic mass is 32.1. The molecule has 6 heteroatoms. The van der Waals surface area contributed by atoms with Crippen LogP contribution in [0.1, 0.15) is 51.5 Å². The van der Waals surface area contributed by atoms with E-state index in [0.29, 0.717) is 12.1 Å². The second-order valence-electron chi connectivity index (χ2n) is 6.41. The number of piperidine rings is 1. The van der Waals surface area contributed by atoms with Crippen LogP contribution in [0.25, 0.3) is 0 Å². The van der Waals surface area contributed by atoms with Crippen LogP contribution in [0.5, 0.6) is 0 Å². The number of H-pyrrole nitrogens is 1. The van der Waals surface area contributed by atoms with Crippen molar-refractivity contribution < 1.29 is 0 Å². The molecule has 1 saturated carbocycles. The Morgan fingerprint density at radius 1 is 1.24 bits per heavy atom. The van der Waals surface area contributed by atoms with Crippen molar-refractivity contribution in [2.24, 2.45) is 0 Å². The lowest BCUT2D eigenvalue weighted by molar-refractivity contribution is 0.219. The van der Waals surface area contributed by atoms with Gasteiger partial charge in [0.15, 0.2) is 4.77 Å². The van der Waals surface area contributed by atoms with Gasteiger partial charge in [-0.1, -0.05) is 19.8 Å². The van der Waals surface area contributed by atoms with E-state index in [1.54, 1.807) is 0 Å². The van der Waals surface area contributed by atoms with Gasteiger partial charge >= 0.3 is 0 Å². The van der Waals surface area contributed by atoms with Crippen molar-refractivity contribution in [3.63, 3.8) is 0 Å². The average Bonchev–Trinajstić information content (AvgIpc) is 3.15. The molecule has 2 aliphatic rings. The number of anilines is 1. The number of aromatic nitrogens is 3.